The molecule has 1 aromatic rings. The topological polar surface area (TPSA) is 58.2 Å². The van der Waals surface area contributed by atoms with Crippen LogP contribution in [0.3, 0.4) is 0 Å². The Hall–Kier alpha value is -0.0800. The first-order valence-electron chi connectivity index (χ1n) is 6.80. The molecule has 0 aliphatic carbocycles. The molecule has 1 unspecified atom stereocenters. The Morgan fingerprint density at radius 1 is 1.38 bits per heavy atom. The molecule has 120 valence electrons. The van der Waals surface area contributed by atoms with Crippen LogP contribution < -0.4 is 10.0 Å². The van der Waals surface area contributed by atoms with Gasteiger partial charge < -0.3 is 5.32 Å². The van der Waals surface area contributed by atoms with Crippen LogP contribution in [0, 0.1) is 6.92 Å². The van der Waals surface area contributed by atoms with Crippen molar-refractivity contribution < 1.29 is 8.42 Å². The normalized spacial score (nSPS) is 13.4. The molecule has 2 N–H and O–H groups in total. The maximum atomic E-state index is 12.6. The van der Waals surface area contributed by atoms with Crippen LogP contribution in [0.4, 0.5) is 0 Å². The Morgan fingerprint density at radius 3 is 2.57 bits per heavy atom. The highest BCUT2D eigenvalue weighted by Crippen LogP contribution is 2.27. The monoisotopic (exact) mass is 394 g/mol. The van der Waals surface area contributed by atoms with E-state index >= 15 is 0 Å². The molecule has 0 heterocycles. The quantitative estimate of drug-likeness (QED) is 0.711. The number of hydrogen-bond donors (Lipinski definition) is 2. The molecule has 1 atom stereocenters. The minimum atomic E-state index is -3.53. The van der Waals surface area contributed by atoms with Crippen molar-refractivity contribution in [3.63, 3.8) is 0 Å². The van der Waals surface area contributed by atoms with E-state index in [0.717, 1.165) is 23.3 Å². The fourth-order valence-electron chi connectivity index (χ4n) is 2.03. The molecule has 0 amide bonds. The highest BCUT2D eigenvalue weighted by atomic mass is 79.9. The summed E-state index contributed by atoms with van der Waals surface area (Å²) in [7, 11) is -1.68. The number of aryl methyl sites for hydroxylation is 1. The minimum Gasteiger partial charge on any atom is -0.316 e. The zero-order valence-corrected chi connectivity index (χ0v) is 16.1. The third-order valence-electron chi connectivity index (χ3n) is 3.13. The first-order chi connectivity index (χ1) is 9.85. The van der Waals surface area contributed by atoms with E-state index in [4.69, 9.17) is 0 Å². The molecule has 0 bridgehead atoms. The fraction of sp³-hybridized carbons (Fsp3) is 0.571. The third-order valence-corrected chi connectivity index (χ3v) is 6.73. The summed E-state index contributed by atoms with van der Waals surface area (Å²) in [4.78, 5) is 0.312. The maximum absolute atomic E-state index is 12.6. The zero-order valence-electron chi connectivity index (χ0n) is 12.9. The van der Waals surface area contributed by atoms with Gasteiger partial charge in [0.05, 0.1) is 4.90 Å². The highest BCUT2D eigenvalue weighted by molar-refractivity contribution is 9.10. The van der Waals surface area contributed by atoms with Crippen molar-refractivity contribution >= 4 is 37.7 Å². The van der Waals surface area contributed by atoms with Gasteiger partial charge >= 0.3 is 0 Å². The summed E-state index contributed by atoms with van der Waals surface area (Å²) in [6.07, 6.45) is 2.75. The summed E-state index contributed by atoms with van der Waals surface area (Å²) in [6, 6.07) is 3.66. The lowest BCUT2D eigenvalue weighted by Crippen LogP contribution is -2.36. The summed E-state index contributed by atoms with van der Waals surface area (Å²) in [6.45, 7) is 4.53. The molecule has 0 aromatic heterocycles. The molecule has 0 radical (unpaired) electrons. The summed E-state index contributed by atoms with van der Waals surface area (Å²) >= 11 is 5.05. The van der Waals surface area contributed by atoms with E-state index in [2.05, 4.69) is 26.0 Å². The molecular formula is C14H23BrN2O2S2. The molecule has 0 fully saturated rings. The van der Waals surface area contributed by atoms with Gasteiger partial charge in [-0.2, -0.15) is 11.8 Å². The molecule has 4 nitrogen and oxygen atoms in total. The van der Waals surface area contributed by atoms with Crippen molar-refractivity contribution in [3.05, 3.63) is 27.7 Å². The Kier molecular flexibility index (Phi) is 7.70. The lowest BCUT2D eigenvalue weighted by Gasteiger charge is -2.18. The van der Waals surface area contributed by atoms with Crippen molar-refractivity contribution in [3.8, 4) is 0 Å². The second-order valence-corrected chi connectivity index (χ2v) is 8.32. The Balaban J connectivity index is 3.17. The Bertz CT molecular complexity index is 577. The van der Waals surface area contributed by atoms with E-state index in [-0.39, 0.29) is 6.04 Å². The fourth-order valence-corrected chi connectivity index (χ4v) is 5.24. The predicted octanol–water partition coefficient (Wildman–Crippen LogP) is 2.90. The molecule has 0 spiro atoms. The van der Waals surface area contributed by atoms with Crippen LogP contribution in [-0.2, 0) is 16.6 Å². The SMILES string of the molecule is CCC(CSC)NS(=O)(=O)c1cc(CNC)cc(C)c1Br. The number of halogens is 1. The number of thioether (sulfide) groups is 1. The van der Waals surface area contributed by atoms with Crippen molar-refractivity contribution in [2.24, 2.45) is 0 Å². The second-order valence-electron chi connectivity index (χ2n) is 4.94. The van der Waals surface area contributed by atoms with E-state index in [1.54, 1.807) is 17.8 Å². The van der Waals surface area contributed by atoms with Gasteiger partial charge in [0.15, 0.2) is 0 Å². The maximum Gasteiger partial charge on any atom is 0.241 e. The van der Waals surface area contributed by atoms with Crippen LogP contribution >= 0.6 is 27.7 Å². The van der Waals surface area contributed by atoms with Crippen molar-refractivity contribution in [1.29, 1.82) is 0 Å². The lowest BCUT2D eigenvalue weighted by atomic mass is 10.1. The first kappa shape index (κ1) is 19.0. The van der Waals surface area contributed by atoms with E-state index < -0.39 is 10.0 Å². The summed E-state index contributed by atoms with van der Waals surface area (Å²) < 4.78 is 28.7. The van der Waals surface area contributed by atoms with Gasteiger partial charge in [0.2, 0.25) is 10.0 Å². The van der Waals surface area contributed by atoms with E-state index in [0.29, 0.717) is 15.9 Å². The third kappa shape index (κ3) is 5.25. The standard InChI is InChI=1S/C14H23BrN2O2S2/c1-5-12(9-20-4)17-21(18,19)13-7-11(8-16-3)6-10(2)14(13)15/h6-7,12,16-17H,5,8-9H2,1-4H3. The van der Waals surface area contributed by atoms with Crippen LogP contribution in [0.15, 0.2) is 21.5 Å². The largest absolute Gasteiger partial charge is 0.316 e. The Labute approximate surface area is 140 Å². The van der Waals surface area contributed by atoms with Crippen molar-refractivity contribution in [1.82, 2.24) is 10.0 Å². The van der Waals surface area contributed by atoms with Gasteiger partial charge in [0.25, 0.3) is 0 Å². The van der Waals surface area contributed by atoms with Gasteiger partial charge in [0, 0.05) is 22.8 Å². The summed E-state index contributed by atoms with van der Waals surface area (Å²) in [5, 5.41) is 3.05. The molecule has 0 aliphatic rings. The second kappa shape index (κ2) is 8.53. The minimum absolute atomic E-state index is 0.0508. The van der Waals surface area contributed by atoms with Crippen molar-refractivity contribution in [2.45, 2.75) is 37.8 Å². The highest BCUT2D eigenvalue weighted by Gasteiger charge is 2.22. The smallest absolute Gasteiger partial charge is 0.241 e. The average Bonchev–Trinajstić information content (AvgIpc) is 2.42. The van der Waals surface area contributed by atoms with Crippen LogP contribution in [-0.4, -0.2) is 33.5 Å². The van der Waals surface area contributed by atoms with Crippen LogP contribution in [0.2, 0.25) is 0 Å². The van der Waals surface area contributed by atoms with Crippen LogP contribution in [0.25, 0.3) is 0 Å². The molecule has 0 saturated carbocycles. The van der Waals surface area contributed by atoms with Crippen molar-refractivity contribution in [2.75, 3.05) is 19.1 Å². The number of sulfonamides is 1. The molecule has 0 saturated heterocycles. The van der Waals surface area contributed by atoms with Gasteiger partial charge in [-0.15, -0.1) is 0 Å². The van der Waals surface area contributed by atoms with Gasteiger partial charge in [-0.25, -0.2) is 13.1 Å². The number of hydrogen-bond acceptors (Lipinski definition) is 4. The Morgan fingerprint density at radius 2 is 2.05 bits per heavy atom. The van der Waals surface area contributed by atoms with E-state index in [1.807, 2.05) is 33.2 Å². The summed E-state index contributed by atoms with van der Waals surface area (Å²) in [5.74, 6) is 0.766. The summed E-state index contributed by atoms with van der Waals surface area (Å²) in [5.41, 5.74) is 1.87. The van der Waals surface area contributed by atoms with Gasteiger partial charge in [-0.1, -0.05) is 13.0 Å². The molecule has 21 heavy (non-hydrogen) atoms. The van der Waals surface area contributed by atoms with Crippen LogP contribution in [0.1, 0.15) is 24.5 Å². The van der Waals surface area contributed by atoms with E-state index in [9.17, 15) is 8.42 Å². The number of nitrogens with one attached hydrogen (secondary N) is 2. The lowest BCUT2D eigenvalue weighted by molar-refractivity contribution is 0.557. The van der Waals surface area contributed by atoms with Gasteiger partial charge in [-0.05, 0) is 59.8 Å². The number of rotatable bonds is 8. The first-order valence-corrected chi connectivity index (χ1v) is 10.5. The average molecular weight is 395 g/mol. The van der Waals surface area contributed by atoms with E-state index in [1.165, 1.54) is 0 Å². The molecule has 0 aliphatic heterocycles. The van der Waals surface area contributed by atoms with Gasteiger partial charge in [0.1, 0.15) is 0 Å². The molecule has 1 aromatic carbocycles. The predicted molar refractivity (Wildman–Crippen MR) is 94.4 cm³/mol. The molecule has 1 rings (SSSR count). The van der Waals surface area contributed by atoms with Gasteiger partial charge in [-0.3, -0.25) is 0 Å². The molecular weight excluding hydrogens is 372 g/mol. The van der Waals surface area contributed by atoms with Crippen LogP contribution in [0.5, 0.6) is 0 Å². The number of benzene rings is 1. The zero-order chi connectivity index (χ0) is 16.0. The molecule has 7 heteroatoms.